The summed E-state index contributed by atoms with van der Waals surface area (Å²) in [6, 6.07) is 0. The van der Waals surface area contributed by atoms with Gasteiger partial charge in [-0.05, 0) is 12.8 Å². The zero-order chi connectivity index (χ0) is 11.6. The maximum Gasteiger partial charge on any atom is 0.323 e. The Labute approximate surface area is 88.1 Å². The lowest BCUT2D eigenvalue weighted by molar-refractivity contribution is -0.150. The van der Waals surface area contributed by atoms with Gasteiger partial charge >= 0.3 is 5.97 Å². The lowest BCUT2D eigenvalue weighted by Gasteiger charge is -2.22. The van der Waals surface area contributed by atoms with Gasteiger partial charge < -0.3 is 5.11 Å². The molecule has 1 heterocycles. The summed E-state index contributed by atoms with van der Waals surface area (Å²) < 4.78 is 0. The number of likely N-dealkylation sites (tertiary alicyclic amines) is 1. The first-order chi connectivity index (χ1) is 6.96. The number of nitrogens with zero attached hydrogens (tertiary/aromatic N) is 1. The third-order valence-electron chi connectivity index (χ3n) is 3.14. The van der Waals surface area contributed by atoms with E-state index in [0.717, 1.165) is 4.90 Å². The average Bonchev–Trinajstić information content (AvgIpc) is 2.42. The molecule has 15 heavy (non-hydrogen) atoms. The van der Waals surface area contributed by atoms with Gasteiger partial charge in [0.05, 0.1) is 5.41 Å². The van der Waals surface area contributed by atoms with Crippen molar-refractivity contribution in [2.75, 3.05) is 6.54 Å². The van der Waals surface area contributed by atoms with E-state index in [1.54, 1.807) is 0 Å². The molecule has 0 saturated carbocycles. The van der Waals surface area contributed by atoms with Gasteiger partial charge in [0, 0.05) is 6.42 Å². The highest BCUT2D eigenvalue weighted by Crippen LogP contribution is 2.38. The number of imide groups is 1. The van der Waals surface area contributed by atoms with Gasteiger partial charge in [-0.15, -0.1) is 0 Å². The molecule has 1 aliphatic rings. The molecule has 0 unspecified atom stereocenters. The minimum atomic E-state index is -1.15. The van der Waals surface area contributed by atoms with E-state index in [-0.39, 0.29) is 18.2 Å². The van der Waals surface area contributed by atoms with Crippen LogP contribution in [0.2, 0.25) is 0 Å². The summed E-state index contributed by atoms with van der Waals surface area (Å²) in [5.74, 6) is -1.86. The smallest absolute Gasteiger partial charge is 0.323 e. The predicted molar refractivity (Wildman–Crippen MR) is 52.0 cm³/mol. The number of carbonyl (C=O) groups excluding carboxylic acids is 2. The fourth-order valence-electron chi connectivity index (χ4n) is 1.96. The molecule has 1 N–H and O–H groups in total. The lowest BCUT2D eigenvalue weighted by atomic mass is 9.81. The molecule has 1 rings (SSSR count). The summed E-state index contributed by atoms with van der Waals surface area (Å²) in [4.78, 5) is 34.7. The van der Waals surface area contributed by atoms with Crippen LogP contribution in [0.4, 0.5) is 0 Å². The molecule has 0 aromatic carbocycles. The van der Waals surface area contributed by atoms with E-state index in [1.807, 2.05) is 13.8 Å². The monoisotopic (exact) mass is 213 g/mol. The van der Waals surface area contributed by atoms with Gasteiger partial charge in [-0.25, -0.2) is 0 Å². The van der Waals surface area contributed by atoms with E-state index in [9.17, 15) is 14.4 Å². The average molecular weight is 213 g/mol. The van der Waals surface area contributed by atoms with Crippen molar-refractivity contribution >= 4 is 17.8 Å². The largest absolute Gasteiger partial charge is 0.480 e. The normalized spacial score (nSPS) is 19.7. The standard InChI is InChI=1S/C10H15NO4/c1-3-10(4-2)5-7(12)11(9(10)15)6-8(13)14/h3-6H2,1-2H3,(H,13,14). The maximum atomic E-state index is 11.9. The van der Waals surface area contributed by atoms with Crippen LogP contribution in [0.25, 0.3) is 0 Å². The van der Waals surface area contributed by atoms with Crippen molar-refractivity contribution in [3.05, 3.63) is 0 Å². The SMILES string of the molecule is CCC1(CC)CC(=O)N(CC(=O)O)C1=O. The van der Waals surface area contributed by atoms with Crippen molar-refractivity contribution in [3.8, 4) is 0 Å². The van der Waals surface area contributed by atoms with Gasteiger partial charge in [-0.3, -0.25) is 19.3 Å². The second kappa shape index (κ2) is 4.00. The van der Waals surface area contributed by atoms with Crippen LogP contribution in [-0.2, 0) is 14.4 Å². The van der Waals surface area contributed by atoms with Crippen molar-refractivity contribution in [1.29, 1.82) is 0 Å². The third-order valence-corrected chi connectivity index (χ3v) is 3.14. The minimum absolute atomic E-state index is 0.145. The second-order valence-electron chi connectivity index (χ2n) is 3.84. The zero-order valence-electron chi connectivity index (χ0n) is 8.95. The molecule has 0 aliphatic carbocycles. The van der Waals surface area contributed by atoms with Crippen LogP contribution in [0.3, 0.4) is 0 Å². The molecule has 5 nitrogen and oxygen atoms in total. The number of carbonyl (C=O) groups is 3. The van der Waals surface area contributed by atoms with E-state index in [0.29, 0.717) is 12.8 Å². The first-order valence-corrected chi connectivity index (χ1v) is 5.03. The quantitative estimate of drug-likeness (QED) is 0.695. The van der Waals surface area contributed by atoms with E-state index < -0.39 is 17.9 Å². The zero-order valence-corrected chi connectivity index (χ0v) is 8.95. The fraction of sp³-hybridized carbons (Fsp3) is 0.700. The molecule has 2 amide bonds. The second-order valence-corrected chi connectivity index (χ2v) is 3.84. The van der Waals surface area contributed by atoms with Crippen molar-refractivity contribution in [2.24, 2.45) is 5.41 Å². The van der Waals surface area contributed by atoms with Crippen LogP contribution in [0.1, 0.15) is 33.1 Å². The van der Waals surface area contributed by atoms with Gasteiger partial charge in [0.15, 0.2) is 0 Å². The van der Waals surface area contributed by atoms with Crippen molar-refractivity contribution < 1.29 is 19.5 Å². The molecule has 5 heteroatoms. The predicted octanol–water partition coefficient (Wildman–Crippen LogP) is 0.636. The number of hydrogen-bond donors (Lipinski definition) is 1. The molecule has 0 atom stereocenters. The summed E-state index contributed by atoms with van der Waals surface area (Å²) in [7, 11) is 0. The molecule has 0 spiro atoms. The molecule has 1 saturated heterocycles. The Balaban J connectivity index is 2.91. The molecule has 1 fully saturated rings. The van der Waals surface area contributed by atoms with Gasteiger partial charge in [0.2, 0.25) is 11.8 Å². The van der Waals surface area contributed by atoms with E-state index >= 15 is 0 Å². The van der Waals surface area contributed by atoms with Gasteiger partial charge in [-0.2, -0.15) is 0 Å². The van der Waals surface area contributed by atoms with Crippen LogP contribution in [0, 0.1) is 5.41 Å². The Bertz CT molecular complexity index is 307. The van der Waals surface area contributed by atoms with Crippen LogP contribution in [0.15, 0.2) is 0 Å². The van der Waals surface area contributed by atoms with Crippen molar-refractivity contribution in [2.45, 2.75) is 33.1 Å². The molecule has 84 valence electrons. The Kier molecular flexibility index (Phi) is 3.12. The minimum Gasteiger partial charge on any atom is -0.480 e. The first kappa shape index (κ1) is 11.7. The summed E-state index contributed by atoms with van der Waals surface area (Å²) in [5, 5.41) is 8.58. The van der Waals surface area contributed by atoms with Gasteiger partial charge in [0.1, 0.15) is 6.54 Å². The van der Waals surface area contributed by atoms with E-state index in [4.69, 9.17) is 5.11 Å². The Morgan fingerprint density at radius 3 is 2.27 bits per heavy atom. The van der Waals surface area contributed by atoms with Crippen LogP contribution in [0.5, 0.6) is 0 Å². The molecule has 0 radical (unpaired) electrons. The number of aliphatic carboxylic acids is 1. The van der Waals surface area contributed by atoms with Crippen molar-refractivity contribution in [3.63, 3.8) is 0 Å². The Hall–Kier alpha value is -1.39. The highest BCUT2D eigenvalue weighted by atomic mass is 16.4. The highest BCUT2D eigenvalue weighted by Gasteiger charge is 2.49. The molecule has 0 bridgehead atoms. The number of carboxylic acids is 1. The molecule has 0 aromatic heterocycles. The molecular weight excluding hydrogens is 198 g/mol. The molecular formula is C10H15NO4. The Morgan fingerprint density at radius 1 is 1.40 bits per heavy atom. The summed E-state index contributed by atoms with van der Waals surface area (Å²) >= 11 is 0. The summed E-state index contributed by atoms with van der Waals surface area (Å²) in [6.45, 7) is 3.18. The van der Waals surface area contributed by atoms with Crippen LogP contribution in [-0.4, -0.2) is 34.3 Å². The molecule has 1 aliphatic heterocycles. The van der Waals surface area contributed by atoms with Crippen molar-refractivity contribution in [1.82, 2.24) is 4.90 Å². The first-order valence-electron chi connectivity index (χ1n) is 5.03. The summed E-state index contributed by atoms with van der Waals surface area (Å²) in [5.41, 5.74) is -0.660. The van der Waals surface area contributed by atoms with Gasteiger partial charge in [0.25, 0.3) is 0 Å². The number of hydrogen-bond acceptors (Lipinski definition) is 3. The van der Waals surface area contributed by atoms with Crippen LogP contribution >= 0.6 is 0 Å². The number of carboxylic acid groups (broad SMARTS) is 1. The Morgan fingerprint density at radius 2 is 1.93 bits per heavy atom. The third kappa shape index (κ3) is 1.86. The number of rotatable bonds is 4. The summed E-state index contributed by atoms with van der Waals surface area (Å²) in [6.07, 6.45) is 1.29. The lowest BCUT2D eigenvalue weighted by Crippen LogP contribution is -2.38. The van der Waals surface area contributed by atoms with Gasteiger partial charge in [-0.1, -0.05) is 13.8 Å². The molecule has 0 aromatic rings. The highest BCUT2D eigenvalue weighted by molar-refractivity contribution is 6.07. The topological polar surface area (TPSA) is 74.7 Å². The fourth-order valence-corrected chi connectivity index (χ4v) is 1.96. The number of amides is 2. The van der Waals surface area contributed by atoms with E-state index in [1.165, 1.54) is 0 Å². The maximum absolute atomic E-state index is 11.9. The van der Waals surface area contributed by atoms with Crippen LogP contribution < -0.4 is 0 Å². The van der Waals surface area contributed by atoms with E-state index in [2.05, 4.69) is 0 Å².